The number of ether oxygens (including phenoxy) is 2. The standard InChI is InChI=1S/C34H31N17O5/c1-18-25(42-44-29-22(24(52)17-55-3)15-37-48(29)20-11-7-5-8-12-20)27(35)50(46-18)32-39-33(41-34(54)40-32)51-28(36)26(19(2)47-51)43-45-30-23(31(53)56-4)16-38-49(30)21-13-9-6-10-14-21/h5-16H,17,35-36H2,1-4H3,(H,39,40,41,54). The van der Waals surface area contributed by atoms with E-state index in [0.29, 0.717) is 22.8 Å². The van der Waals surface area contributed by atoms with Crippen molar-refractivity contribution < 1.29 is 24.2 Å². The number of carbonyl (C=O) groups is 2. The second-order valence-electron chi connectivity index (χ2n) is 11.7. The van der Waals surface area contributed by atoms with Crippen LogP contribution in [0.5, 0.6) is 6.01 Å². The Hall–Kier alpha value is -8.01. The fourth-order valence-electron chi connectivity index (χ4n) is 5.41. The minimum absolute atomic E-state index is 0.0589. The van der Waals surface area contributed by atoms with Gasteiger partial charge >= 0.3 is 12.0 Å². The summed E-state index contributed by atoms with van der Waals surface area (Å²) in [5.41, 5.74) is 15.3. The van der Waals surface area contributed by atoms with Crippen molar-refractivity contribution in [1.82, 2.24) is 54.1 Å². The Morgan fingerprint density at radius 1 is 0.679 bits per heavy atom. The van der Waals surface area contributed by atoms with Crippen LogP contribution in [0, 0.1) is 13.8 Å². The van der Waals surface area contributed by atoms with E-state index in [1.54, 1.807) is 50.2 Å². The van der Waals surface area contributed by atoms with Crippen LogP contribution < -0.4 is 11.5 Å². The molecule has 22 heteroatoms. The lowest BCUT2D eigenvalue weighted by atomic mass is 10.2. The van der Waals surface area contributed by atoms with E-state index in [9.17, 15) is 14.7 Å². The van der Waals surface area contributed by atoms with Crippen molar-refractivity contribution in [1.29, 1.82) is 0 Å². The average molecular weight is 758 g/mol. The van der Waals surface area contributed by atoms with Crippen LogP contribution in [0.25, 0.3) is 23.3 Å². The summed E-state index contributed by atoms with van der Waals surface area (Å²) in [7, 11) is 2.65. The fraction of sp³-hybridized carbons (Fsp3) is 0.147. The number of aromatic hydroxyl groups is 1. The van der Waals surface area contributed by atoms with Gasteiger partial charge in [0, 0.05) is 7.11 Å². The lowest BCUT2D eigenvalue weighted by Gasteiger charge is -2.06. The molecule has 0 saturated carbocycles. The highest BCUT2D eigenvalue weighted by Crippen LogP contribution is 2.34. The summed E-state index contributed by atoms with van der Waals surface area (Å²) >= 11 is 0. The van der Waals surface area contributed by atoms with E-state index in [0.717, 1.165) is 9.36 Å². The molecule has 2 aromatic carbocycles. The maximum Gasteiger partial charge on any atom is 0.343 e. The highest BCUT2D eigenvalue weighted by Gasteiger charge is 2.24. The van der Waals surface area contributed by atoms with Crippen LogP contribution in [-0.2, 0) is 9.47 Å². The fourth-order valence-corrected chi connectivity index (χ4v) is 5.41. The molecule has 282 valence electrons. The third kappa shape index (κ3) is 6.80. The van der Waals surface area contributed by atoms with Gasteiger partial charge in [-0.3, -0.25) is 4.79 Å². The van der Waals surface area contributed by atoms with Crippen molar-refractivity contribution in [2.75, 3.05) is 32.3 Å². The third-order valence-corrected chi connectivity index (χ3v) is 8.07. The van der Waals surface area contributed by atoms with Crippen LogP contribution in [0.3, 0.4) is 0 Å². The van der Waals surface area contributed by atoms with Gasteiger partial charge in [0.05, 0.1) is 47.8 Å². The van der Waals surface area contributed by atoms with Crippen LogP contribution in [0.15, 0.2) is 93.5 Å². The van der Waals surface area contributed by atoms with Gasteiger partial charge in [0.15, 0.2) is 40.4 Å². The molecule has 5 N–H and O–H groups in total. The van der Waals surface area contributed by atoms with Crippen molar-refractivity contribution >= 4 is 46.4 Å². The molecule has 7 rings (SSSR count). The molecule has 0 spiro atoms. The number of benzene rings is 2. The molecule has 0 atom stereocenters. The van der Waals surface area contributed by atoms with E-state index in [2.05, 4.69) is 55.8 Å². The Labute approximate surface area is 315 Å². The number of ketones is 1. The van der Waals surface area contributed by atoms with Gasteiger partial charge in [-0.15, -0.1) is 20.5 Å². The molecule has 0 bridgehead atoms. The number of carbonyl (C=O) groups excluding carboxylic acids is 2. The van der Waals surface area contributed by atoms with Gasteiger partial charge in [-0.2, -0.15) is 44.7 Å². The Bertz CT molecular complexity index is 2640. The van der Waals surface area contributed by atoms with Crippen molar-refractivity contribution in [3.05, 3.63) is 95.6 Å². The molecular formula is C34H31N17O5. The lowest BCUT2D eigenvalue weighted by Crippen LogP contribution is -2.13. The molecule has 0 aliphatic heterocycles. The number of hydrogen-bond donors (Lipinski definition) is 3. The lowest BCUT2D eigenvalue weighted by molar-refractivity contribution is 0.0601. The van der Waals surface area contributed by atoms with E-state index < -0.39 is 12.0 Å². The van der Waals surface area contributed by atoms with E-state index >= 15 is 0 Å². The molecule has 5 heterocycles. The topological polar surface area (TPSA) is 284 Å². The summed E-state index contributed by atoms with van der Waals surface area (Å²) in [6.45, 7) is 3.04. The van der Waals surface area contributed by atoms with Crippen molar-refractivity contribution in [2.45, 2.75) is 13.8 Å². The summed E-state index contributed by atoms with van der Waals surface area (Å²) in [5, 5.41) is 45.4. The summed E-state index contributed by atoms with van der Waals surface area (Å²) in [4.78, 5) is 37.8. The Balaban J connectivity index is 1.23. The number of rotatable bonds is 12. The number of anilines is 2. The zero-order valence-corrected chi connectivity index (χ0v) is 30.1. The molecule has 22 nitrogen and oxygen atoms in total. The number of azo groups is 2. The van der Waals surface area contributed by atoms with Gasteiger partial charge < -0.3 is 26.0 Å². The highest BCUT2D eigenvalue weighted by molar-refractivity contribution is 6.01. The van der Waals surface area contributed by atoms with Crippen molar-refractivity contribution in [2.24, 2.45) is 20.5 Å². The number of nitrogen functional groups attached to an aromatic ring is 2. The van der Waals surface area contributed by atoms with Gasteiger partial charge in [0.1, 0.15) is 12.2 Å². The van der Waals surface area contributed by atoms with Gasteiger partial charge in [0.2, 0.25) is 0 Å². The monoisotopic (exact) mass is 757 g/mol. The normalized spacial score (nSPS) is 11.6. The zero-order chi connectivity index (χ0) is 39.5. The molecule has 0 aliphatic carbocycles. The quantitative estimate of drug-likeness (QED) is 0.0876. The molecule has 56 heavy (non-hydrogen) atoms. The van der Waals surface area contributed by atoms with E-state index in [1.165, 1.54) is 36.0 Å². The second-order valence-corrected chi connectivity index (χ2v) is 11.7. The number of methoxy groups -OCH3 is 2. The Morgan fingerprint density at radius 2 is 1.14 bits per heavy atom. The predicted octanol–water partition coefficient (Wildman–Crippen LogP) is 4.55. The Kier molecular flexibility index (Phi) is 9.84. The third-order valence-electron chi connectivity index (χ3n) is 8.07. The highest BCUT2D eigenvalue weighted by atomic mass is 16.5. The number of aromatic nitrogens is 11. The van der Waals surface area contributed by atoms with Crippen LogP contribution in [0.2, 0.25) is 0 Å². The SMILES string of the molecule is COCC(=O)c1cnn(-c2ccccc2)c1N=Nc1c(C)nn(-c2nc(O)nc(-n3nc(C)c(N=Nc4c(C(=O)OC)cnn4-c4ccccc4)c3N)n2)c1N. The van der Waals surface area contributed by atoms with Crippen LogP contribution in [0.1, 0.15) is 32.1 Å². The number of hydrogen-bond acceptors (Lipinski definition) is 18. The van der Waals surface area contributed by atoms with Gasteiger partial charge in [0.25, 0.3) is 11.9 Å². The van der Waals surface area contributed by atoms with E-state index in [4.69, 9.17) is 20.9 Å². The summed E-state index contributed by atoms with van der Waals surface area (Å²) in [5.74, 6) is -1.39. The number of nitrogens with zero attached hydrogens (tertiary/aromatic N) is 15. The summed E-state index contributed by atoms with van der Waals surface area (Å²) in [6.07, 6.45) is 2.70. The molecule has 7 aromatic rings. The molecule has 0 fully saturated rings. The molecule has 0 saturated heterocycles. The van der Waals surface area contributed by atoms with Crippen LogP contribution in [-0.4, -0.2) is 91.8 Å². The molecular weight excluding hydrogens is 726 g/mol. The maximum absolute atomic E-state index is 12.9. The minimum atomic E-state index is -0.709. The summed E-state index contributed by atoms with van der Waals surface area (Å²) in [6, 6.07) is 17.3. The van der Waals surface area contributed by atoms with E-state index in [-0.39, 0.29) is 70.1 Å². The predicted molar refractivity (Wildman–Crippen MR) is 197 cm³/mol. The first kappa shape index (κ1) is 36.4. The molecule has 0 radical (unpaired) electrons. The largest absolute Gasteiger partial charge is 0.479 e. The smallest absolute Gasteiger partial charge is 0.343 e. The maximum atomic E-state index is 12.9. The molecule has 0 unspecified atom stereocenters. The number of nitrogens with two attached hydrogens (primary N) is 2. The second kappa shape index (κ2) is 15.2. The average Bonchev–Trinajstić information content (AvgIpc) is 3.96. The first-order chi connectivity index (χ1) is 27.1. The van der Waals surface area contributed by atoms with Crippen molar-refractivity contribution in [3.8, 4) is 29.3 Å². The molecule has 0 aliphatic rings. The number of para-hydroxylation sites is 2. The minimum Gasteiger partial charge on any atom is -0.479 e. The molecule has 0 amide bonds. The zero-order valence-electron chi connectivity index (χ0n) is 30.1. The van der Waals surface area contributed by atoms with E-state index in [1.807, 2.05) is 24.3 Å². The van der Waals surface area contributed by atoms with Gasteiger partial charge in [-0.05, 0) is 38.1 Å². The van der Waals surface area contributed by atoms with Crippen LogP contribution >= 0.6 is 0 Å². The Morgan fingerprint density at radius 3 is 1.61 bits per heavy atom. The number of esters is 1. The first-order valence-corrected chi connectivity index (χ1v) is 16.5. The number of Topliss-reactive ketones (excluding diaryl/α,β-unsaturated/α-hetero) is 1. The van der Waals surface area contributed by atoms with Gasteiger partial charge in [-0.1, -0.05) is 36.4 Å². The van der Waals surface area contributed by atoms with Gasteiger partial charge in [-0.25, -0.2) is 14.2 Å². The first-order valence-electron chi connectivity index (χ1n) is 16.5. The van der Waals surface area contributed by atoms with Crippen LogP contribution in [0.4, 0.5) is 34.6 Å². The number of aryl methyl sites for hydroxylation is 2. The molecule has 5 aromatic heterocycles. The van der Waals surface area contributed by atoms with Crippen molar-refractivity contribution in [3.63, 3.8) is 0 Å². The summed E-state index contributed by atoms with van der Waals surface area (Å²) < 4.78 is 15.1.